The molecule has 0 fully saturated rings. The Morgan fingerprint density at radius 3 is 2.00 bits per heavy atom. The van der Waals surface area contributed by atoms with Gasteiger partial charge in [-0.25, -0.2) is 0 Å². The molecular formula is C19H27Cl3SiTi. The number of halogens is 3. The quantitative estimate of drug-likeness (QED) is 0.434. The average molecular weight is 438 g/mol. The molecule has 0 N–H and O–H groups in total. The number of hydrogen-bond acceptors (Lipinski definition) is 0. The Balaban J connectivity index is 0. The summed E-state index contributed by atoms with van der Waals surface area (Å²) < 4.78 is 0.0984. The van der Waals surface area contributed by atoms with Crippen molar-refractivity contribution in [2.45, 2.75) is 56.5 Å². The second-order valence-electron chi connectivity index (χ2n) is 7.92. The second kappa shape index (κ2) is 8.93. The molecule has 1 unspecified atom stereocenters. The van der Waals surface area contributed by atoms with Crippen LogP contribution in [-0.2, 0) is 25.9 Å². The van der Waals surface area contributed by atoms with Crippen molar-refractivity contribution < 1.29 is 57.7 Å². The van der Waals surface area contributed by atoms with E-state index in [-0.39, 0.29) is 46.4 Å². The Bertz CT molecular complexity index is 630. The molecule has 0 nitrogen and oxygen atoms in total. The summed E-state index contributed by atoms with van der Waals surface area (Å²) in [4.78, 5) is 0. The number of rotatable bonds is 3. The van der Waals surface area contributed by atoms with Gasteiger partial charge in [0.1, 0.15) is 0 Å². The van der Waals surface area contributed by atoms with Crippen molar-refractivity contribution in [3.8, 4) is 0 Å². The molecule has 1 atom stereocenters. The number of aryl methyl sites for hydroxylation is 1. The first-order valence-electron chi connectivity index (χ1n) is 7.73. The molecule has 24 heavy (non-hydrogen) atoms. The van der Waals surface area contributed by atoms with E-state index < -0.39 is 8.07 Å². The van der Waals surface area contributed by atoms with Gasteiger partial charge in [-0.2, -0.15) is 0 Å². The smallest absolute Gasteiger partial charge is 1.00 e. The monoisotopic (exact) mass is 436 g/mol. The van der Waals surface area contributed by atoms with E-state index in [0.29, 0.717) is 0 Å². The van der Waals surface area contributed by atoms with E-state index >= 15 is 0 Å². The predicted octanol–water partition coefficient (Wildman–Crippen LogP) is -3.33. The Labute approximate surface area is 179 Å². The van der Waals surface area contributed by atoms with Crippen LogP contribution in [0.4, 0.5) is 0 Å². The van der Waals surface area contributed by atoms with Gasteiger partial charge in [0, 0.05) is 0 Å². The van der Waals surface area contributed by atoms with E-state index in [0.717, 1.165) is 0 Å². The Morgan fingerprint density at radius 1 is 1.00 bits per heavy atom. The predicted molar refractivity (Wildman–Crippen MR) is 92.2 cm³/mol. The van der Waals surface area contributed by atoms with Crippen LogP contribution in [0.25, 0.3) is 0 Å². The zero-order valence-corrected chi connectivity index (χ0v) is 20.4. The normalized spacial score (nSPS) is 19.8. The van der Waals surface area contributed by atoms with Crippen LogP contribution in [0.15, 0.2) is 41.6 Å². The summed E-state index contributed by atoms with van der Waals surface area (Å²) in [7, 11) is -1.24. The molecule has 1 aliphatic carbocycles. The first-order chi connectivity index (χ1) is 9.49. The molecule has 1 aliphatic rings. The molecule has 0 bridgehead atoms. The summed E-state index contributed by atoms with van der Waals surface area (Å²) in [6, 6.07) is 6.72. The molecule has 0 heterocycles. The van der Waals surface area contributed by atoms with E-state index in [9.17, 15) is 0 Å². The largest absolute Gasteiger partial charge is 1.00 e. The summed E-state index contributed by atoms with van der Waals surface area (Å²) in [5.74, 6) is 0. The first kappa shape index (κ1) is 26.7. The van der Waals surface area contributed by atoms with Gasteiger partial charge >= 0.3 is 143 Å². The molecular weight excluding hydrogens is 411 g/mol. The Hall–Kier alpha value is 0.501. The molecule has 0 aromatic heterocycles. The average Bonchev–Trinajstić information content (AvgIpc) is 2.77. The maximum atomic E-state index is 2.54. The van der Waals surface area contributed by atoms with E-state index in [4.69, 9.17) is 0 Å². The summed E-state index contributed by atoms with van der Waals surface area (Å²) in [6.45, 7) is 16.5. The molecule has 1 aromatic carbocycles. The fraction of sp³-hybridized carbons (Fsp3) is 0.474. The van der Waals surface area contributed by atoms with Crippen molar-refractivity contribution in [1.82, 2.24) is 0 Å². The Morgan fingerprint density at radius 2 is 1.54 bits per heavy atom. The molecule has 0 aliphatic heterocycles. The topological polar surface area (TPSA) is 0 Å². The van der Waals surface area contributed by atoms with Gasteiger partial charge in [0.2, 0.25) is 0 Å². The number of allylic oxidation sites excluding steroid dienone is 4. The molecule has 0 saturated carbocycles. The van der Waals surface area contributed by atoms with Crippen molar-refractivity contribution in [2.75, 3.05) is 0 Å². The van der Waals surface area contributed by atoms with Gasteiger partial charge in [-0.15, -0.1) is 0 Å². The van der Waals surface area contributed by atoms with Crippen LogP contribution in [0.5, 0.6) is 0 Å². The van der Waals surface area contributed by atoms with Gasteiger partial charge in [0.15, 0.2) is 0 Å². The van der Waals surface area contributed by atoms with Gasteiger partial charge in [-0.05, 0) is 0 Å². The summed E-state index contributed by atoms with van der Waals surface area (Å²) in [5.41, 5.74) is 4.40. The van der Waals surface area contributed by atoms with Gasteiger partial charge in [-0.3, -0.25) is 0 Å². The fourth-order valence-electron chi connectivity index (χ4n) is 3.07. The standard InChI is InChI=1S/C19H27Si.3ClH.Ti/c1-14-9-8-10-18(15(14)2)19(3,4)16-11-12-17(13-16)20(5,6)7;;;;/h8-13H,1-7H3;3*1H;/q;;;;+3/p-3. The zero-order chi connectivity index (χ0) is 16.1. The molecule has 0 radical (unpaired) electrons. The van der Waals surface area contributed by atoms with E-state index in [1.165, 1.54) is 16.7 Å². The van der Waals surface area contributed by atoms with Crippen LogP contribution >= 0.6 is 0 Å². The van der Waals surface area contributed by atoms with E-state index in [1.807, 2.05) is 0 Å². The van der Waals surface area contributed by atoms with Crippen LogP contribution in [0.1, 0.15) is 30.5 Å². The minimum atomic E-state index is -1.24. The fourth-order valence-corrected chi connectivity index (χ4v) is 5.12. The number of hydrogen-bond donors (Lipinski definition) is 0. The molecule has 0 saturated heterocycles. The van der Waals surface area contributed by atoms with Crippen molar-refractivity contribution in [2.24, 2.45) is 0 Å². The minimum Gasteiger partial charge on any atom is -1.00 e. The van der Waals surface area contributed by atoms with Crippen molar-refractivity contribution in [3.05, 3.63) is 58.3 Å². The van der Waals surface area contributed by atoms with Crippen LogP contribution in [0.3, 0.4) is 0 Å². The van der Waals surface area contributed by atoms with Gasteiger partial charge < -0.3 is 37.2 Å². The van der Waals surface area contributed by atoms with Gasteiger partial charge in [0.05, 0.1) is 0 Å². The van der Waals surface area contributed by atoms with Crippen LogP contribution in [0, 0.1) is 13.8 Å². The second-order valence-corrected chi connectivity index (χ2v) is 14.3. The zero-order valence-electron chi connectivity index (χ0n) is 15.6. The molecule has 1 aromatic rings. The van der Waals surface area contributed by atoms with Crippen molar-refractivity contribution in [3.63, 3.8) is 0 Å². The van der Waals surface area contributed by atoms with Crippen molar-refractivity contribution >= 4 is 8.07 Å². The first-order valence-corrected chi connectivity index (χ1v) is 12.0. The van der Waals surface area contributed by atoms with Gasteiger partial charge in [0.25, 0.3) is 0 Å². The molecule has 0 amide bonds. The third kappa shape index (κ3) is 4.81. The maximum Gasteiger partial charge on any atom is -1.00 e. The van der Waals surface area contributed by atoms with Crippen molar-refractivity contribution in [1.29, 1.82) is 0 Å². The van der Waals surface area contributed by atoms with Crippen LogP contribution < -0.4 is 37.2 Å². The molecule has 5 heteroatoms. The third-order valence-corrected chi connectivity index (χ3v) is 8.59. The molecule has 132 valence electrons. The van der Waals surface area contributed by atoms with Gasteiger partial charge in [-0.1, -0.05) is 0 Å². The maximum absolute atomic E-state index is 2.54. The summed E-state index contributed by atoms with van der Waals surface area (Å²) in [5, 5.41) is 1.59. The summed E-state index contributed by atoms with van der Waals surface area (Å²) >= 11 is 2.39. The van der Waals surface area contributed by atoms with Crippen LogP contribution in [-0.4, -0.2) is 8.07 Å². The minimum absolute atomic E-state index is 0. The third-order valence-electron chi connectivity index (χ3n) is 5.09. The molecule has 0 spiro atoms. The molecule has 2 rings (SSSR count). The van der Waals surface area contributed by atoms with E-state index in [2.05, 4.69) is 104 Å². The van der Waals surface area contributed by atoms with E-state index in [1.54, 1.807) is 5.20 Å². The number of benzene rings is 1. The summed E-state index contributed by atoms with van der Waals surface area (Å²) in [6.07, 6.45) is 7.36. The Kier molecular flexibility index (Phi) is 9.95. The SMILES string of the molecule is Cc1cccc(C(C)(C)[C]2([Ti+3])C=CC([Si](C)(C)C)=C2)c1C.[Cl-].[Cl-].[Cl-]. The van der Waals surface area contributed by atoms with Crippen LogP contribution in [0.2, 0.25) is 23.4 Å².